The molecule has 1 amide bonds. The molecule has 1 atom stereocenters. The van der Waals surface area contributed by atoms with Crippen molar-refractivity contribution in [2.24, 2.45) is 0 Å². The van der Waals surface area contributed by atoms with Crippen LogP contribution in [0.1, 0.15) is 40.0 Å². The third kappa shape index (κ3) is 7.68. The van der Waals surface area contributed by atoms with Gasteiger partial charge in [-0.1, -0.05) is 20.8 Å². The van der Waals surface area contributed by atoms with Gasteiger partial charge in [0.15, 0.2) is 0 Å². The highest BCUT2D eigenvalue weighted by Crippen LogP contribution is 2.13. The topological polar surface area (TPSA) is 49.3 Å². The maximum Gasteiger partial charge on any atom is 0.230 e. The zero-order valence-corrected chi connectivity index (χ0v) is 10.8. The highest BCUT2D eigenvalue weighted by Gasteiger charge is 2.10. The Kier molecular flexibility index (Phi) is 8.91. The van der Waals surface area contributed by atoms with Crippen LogP contribution in [-0.2, 0) is 4.79 Å². The molecule has 0 heterocycles. The van der Waals surface area contributed by atoms with Crippen molar-refractivity contribution >= 4 is 17.7 Å². The third-order valence-electron chi connectivity index (χ3n) is 2.39. The molecule has 2 N–H and O–H groups in total. The molecule has 0 saturated heterocycles. The minimum atomic E-state index is 0.110. The largest absolute Gasteiger partial charge is 0.396 e. The van der Waals surface area contributed by atoms with E-state index in [4.69, 9.17) is 5.11 Å². The fourth-order valence-corrected chi connectivity index (χ4v) is 2.04. The number of aliphatic hydroxyl groups is 1. The summed E-state index contributed by atoms with van der Waals surface area (Å²) < 4.78 is 0. The van der Waals surface area contributed by atoms with E-state index in [1.165, 1.54) is 0 Å². The van der Waals surface area contributed by atoms with Crippen molar-refractivity contribution in [2.75, 3.05) is 12.4 Å². The van der Waals surface area contributed by atoms with E-state index in [1.807, 2.05) is 6.92 Å². The highest BCUT2D eigenvalue weighted by atomic mass is 32.2. The molecule has 0 fully saturated rings. The molecule has 3 nitrogen and oxygen atoms in total. The fraction of sp³-hybridized carbons (Fsp3) is 0.909. The Bertz CT molecular complexity index is 172. The average Bonchev–Trinajstić information content (AvgIpc) is 2.23. The monoisotopic (exact) mass is 233 g/mol. The van der Waals surface area contributed by atoms with Crippen molar-refractivity contribution in [1.29, 1.82) is 0 Å². The highest BCUT2D eigenvalue weighted by molar-refractivity contribution is 8.00. The lowest BCUT2D eigenvalue weighted by Crippen LogP contribution is -2.35. The van der Waals surface area contributed by atoms with Crippen molar-refractivity contribution in [1.82, 2.24) is 5.32 Å². The molecule has 90 valence electrons. The molecular weight excluding hydrogens is 210 g/mol. The van der Waals surface area contributed by atoms with Crippen LogP contribution in [0.15, 0.2) is 0 Å². The molecule has 0 rings (SSSR count). The standard InChI is InChI=1S/C11H23NO2S/c1-4-10(5-2)12-11(14)8-15-9(3)6-7-13/h9-10,13H,4-8H2,1-3H3,(H,12,14). The minimum absolute atomic E-state index is 0.110. The smallest absolute Gasteiger partial charge is 0.230 e. The number of rotatable bonds is 8. The summed E-state index contributed by atoms with van der Waals surface area (Å²) in [5.74, 6) is 0.607. The van der Waals surface area contributed by atoms with Gasteiger partial charge in [0.25, 0.3) is 0 Å². The van der Waals surface area contributed by atoms with E-state index in [0.717, 1.165) is 19.3 Å². The molecule has 0 aliphatic heterocycles. The van der Waals surface area contributed by atoms with E-state index in [1.54, 1.807) is 11.8 Å². The van der Waals surface area contributed by atoms with Crippen LogP contribution < -0.4 is 5.32 Å². The summed E-state index contributed by atoms with van der Waals surface area (Å²) in [6.45, 7) is 6.39. The van der Waals surface area contributed by atoms with Crippen LogP contribution in [0.3, 0.4) is 0 Å². The Morgan fingerprint density at radius 1 is 1.40 bits per heavy atom. The van der Waals surface area contributed by atoms with Gasteiger partial charge in [0.2, 0.25) is 5.91 Å². The van der Waals surface area contributed by atoms with Gasteiger partial charge in [-0.15, -0.1) is 11.8 Å². The number of hydrogen-bond acceptors (Lipinski definition) is 3. The molecule has 0 spiro atoms. The first kappa shape index (κ1) is 14.8. The number of aliphatic hydroxyl groups excluding tert-OH is 1. The van der Waals surface area contributed by atoms with Gasteiger partial charge >= 0.3 is 0 Å². The Morgan fingerprint density at radius 3 is 2.47 bits per heavy atom. The van der Waals surface area contributed by atoms with Crippen molar-refractivity contribution in [3.8, 4) is 0 Å². The zero-order valence-electron chi connectivity index (χ0n) is 9.95. The van der Waals surface area contributed by atoms with Crippen molar-refractivity contribution < 1.29 is 9.90 Å². The normalized spacial score (nSPS) is 12.9. The quantitative estimate of drug-likeness (QED) is 0.672. The maximum atomic E-state index is 11.5. The van der Waals surface area contributed by atoms with Gasteiger partial charge in [-0.3, -0.25) is 4.79 Å². The molecule has 0 aromatic rings. The van der Waals surface area contributed by atoms with Gasteiger partial charge in [0.05, 0.1) is 5.75 Å². The Hall–Kier alpha value is -0.220. The molecule has 0 aromatic carbocycles. The van der Waals surface area contributed by atoms with Crippen molar-refractivity contribution in [3.05, 3.63) is 0 Å². The van der Waals surface area contributed by atoms with E-state index in [0.29, 0.717) is 17.0 Å². The summed E-state index contributed by atoms with van der Waals surface area (Å²) in [6, 6.07) is 0.311. The first-order valence-electron chi connectivity index (χ1n) is 5.65. The molecule has 0 aromatic heterocycles. The first-order valence-corrected chi connectivity index (χ1v) is 6.70. The summed E-state index contributed by atoms with van der Waals surface area (Å²) in [7, 11) is 0. The third-order valence-corrected chi connectivity index (χ3v) is 3.62. The number of thioether (sulfide) groups is 1. The first-order chi connectivity index (χ1) is 7.13. The van der Waals surface area contributed by atoms with Gasteiger partial charge in [-0.25, -0.2) is 0 Å². The van der Waals surface area contributed by atoms with Crippen molar-refractivity contribution in [2.45, 2.75) is 51.3 Å². The van der Waals surface area contributed by atoms with Crippen molar-refractivity contribution in [3.63, 3.8) is 0 Å². The lowest BCUT2D eigenvalue weighted by molar-refractivity contribution is -0.119. The lowest BCUT2D eigenvalue weighted by atomic mass is 10.2. The maximum absolute atomic E-state index is 11.5. The molecule has 4 heteroatoms. The molecule has 1 unspecified atom stereocenters. The van der Waals surface area contributed by atoms with Crippen LogP contribution in [0.25, 0.3) is 0 Å². The Balaban J connectivity index is 3.64. The van der Waals surface area contributed by atoms with Crippen LogP contribution in [0.2, 0.25) is 0 Å². The number of carbonyl (C=O) groups is 1. The zero-order chi connectivity index (χ0) is 11.7. The fourth-order valence-electron chi connectivity index (χ4n) is 1.25. The lowest BCUT2D eigenvalue weighted by Gasteiger charge is -2.15. The predicted molar refractivity (Wildman–Crippen MR) is 66.1 cm³/mol. The van der Waals surface area contributed by atoms with Gasteiger partial charge in [-0.2, -0.15) is 0 Å². The van der Waals surface area contributed by atoms with E-state index in [-0.39, 0.29) is 12.5 Å². The van der Waals surface area contributed by atoms with Crippen LogP contribution in [0, 0.1) is 0 Å². The number of hydrogen-bond donors (Lipinski definition) is 2. The number of amides is 1. The number of carbonyl (C=O) groups excluding carboxylic acids is 1. The van der Waals surface area contributed by atoms with Gasteiger partial charge in [0.1, 0.15) is 0 Å². The average molecular weight is 233 g/mol. The van der Waals surface area contributed by atoms with Gasteiger partial charge in [0, 0.05) is 17.9 Å². The molecule has 15 heavy (non-hydrogen) atoms. The minimum Gasteiger partial charge on any atom is -0.396 e. The molecule has 0 aliphatic rings. The van der Waals surface area contributed by atoms with E-state index >= 15 is 0 Å². The van der Waals surface area contributed by atoms with E-state index in [2.05, 4.69) is 19.2 Å². The molecular formula is C11H23NO2S. The second-order valence-electron chi connectivity index (χ2n) is 3.71. The van der Waals surface area contributed by atoms with Crippen LogP contribution in [0.4, 0.5) is 0 Å². The summed E-state index contributed by atoms with van der Waals surface area (Å²) in [5, 5.41) is 12.1. The Morgan fingerprint density at radius 2 is 2.00 bits per heavy atom. The predicted octanol–water partition coefficient (Wildman–Crippen LogP) is 1.80. The Labute approximate surface area is 97.0 Å². The van der Waals surface area contributed by atoms with Gasteiger partial charge in [-0.05, 0) is 19.3 Å². The SMILES string of the molecule is CCC(CC)NC(=O)CSC(C)CCO. The van der Waals surface area contributed by atoms with Crippen LogP contribution in [0.5, 0.6) is 0 Å². The van der Waals surface area contributed by atoms with Crippen LogP contribution >= 0.6 is 11.8 Å². The number of nitrogens with one attached hydrogen (secondary N) is 1. The van der Waals surface area contributed by atoms with Gasteiger partial charge < -0.3 is 10.4 Å². The molecule has 0 bridgehead atoms. The molecule has 0 radical (unpaired) electrons. The second-order valence-corrected chi connectivity index (χ2v) is 5.14. The molecule has 0 saturated carbocycles. The van der Waals surface area contributed by atoms with E-state index < -0.39 is 0 Å². The second kappa shape index (κ2) is 9.04. The summed E-state index contributed by atoms with van der Waals surface area (Å²) in [6.07, 6.45) is 2.72. The summed E-state index contributed by atoms with van der Waals surface area (Å²) >= 11 is 1.60. The van der Waals surface area contributed by atoms with E-state index in [9.17, 15) is 4.79 Å². The summed E-state index contributed by atoms with van der Waals surface area (Å²) in [4.78, 5) is 11.5. The van der Waals surface area contributed by atoms with Crippen LogP contribution in [-0.4, -0.2) is 34.7 Å². The molecule has 0 aliphatic carbocycles. The summed E-state index contributed by atoms with van der Waals surface area (Å²) in [5.41, 5.74) is 0.